The van der Waals surface area contributed by atoms with Gasteiger partial charge in [-0.15, -0.1) is 0 Å². The van der Waals surface area contributed by atoms with Crippen molar-refractivity contribution in [1.82, 2.24) is 9.88 Å². The molecule has 0 saturated carbocycles. The van der Waals surface area contributed by atoms with Crippen LogP contribution in [0, 0.1) is 17.0 Å². The van der Waals surface area contributed by atoms with Crippen LogP contribution in [-0.4, -0.2) is 60.1 Å². The van der Waals surface area contributed by atoms with Gasteiger partial charge in [-0.3, -0.25) is 9.88 Å². The first kappa shape index (κ1) is 27.2. The highest BCUT2D eigenvalue weighted by molar-refractivity contribution is 5.85. The van der Waals surface area contributed by atoms with Gasteiger partial charge < -0.3 is 25.4 Å². The van der Waals surface area contributed by atoms with Crippen molar-refractivity contribution in [3.8, 4) is 11.5 Å². The molecule has 1 atom stereocenters. The Hall–Kier alpha value is -2.85. The number of hydrogen-bond donors (Lipinski definition) is 3. The summed E-state index contributed by atoms with van der Waals surface area (Å²) in [7, 11) is 1.60. The zero-order chi connectivity index (χ0) is 26.4. The maximum absolute atomic E-state index is 13.3. The summed E-state index contributed by atoms with van der Waals surface area (Å²) in [6.45, 7) is 2.77. The highest BCUT2D eigenvalue weighted by Crippen LogP contribution is 2.39. The minimum Gasteiger partial charge on any atom is -0.497 e. The van der Waals surface area contributed by atoms with Crippen LogP contribution in [0.3, 0.4) is 0 Å². The first-order valence-corrected chi connectivity index (χ1v) is 12.6. The standard InChI is InChI=1S/C28H35F2N3O4/c1-36-22-2-3-25-24(15-22)27(19(16-31)17-32-25)26(35)4-5-28(18-34)6-8-33(9-7-28)10-11-37-23-13-20(29)12-21(30)14-23/h2-3,12-15,17,26,34-35H,4-11,16,18,31H2,1H3/t26-/m1/s1. The van der Waals surface area contributed by atoms with Crippen molar-refractivity contribution < 1.29 is 28.5 Å². The summed E-state index contributed by atoms with van der Waals surface area (Å²) in [4.78, 5) is 6.69. The zero-order valence-electron chi connectivity index (χ0n) is 21.1. The Morgan fingerprint density at radius 1 is 1.11 bits per heavy atom. The average molecular weight is 516 g/mol. The van der Waals surface area contributed by atoms with Crippen LogP contribution in [0.4, 0.5) is 8.78 Å². The summed E-state index contributed by atoms with van der Waals surface area (Å²) in [5.74, 6) is -0.477. The summed E-state index contributed by atoms with van der Waals surface area (Å²) in [5.41, 5.74) is 8.01. The van der Waals surface area contributed by atoms with E-state index in [2.05, 4.69) is 9.88 Å². The van der Waals surface area contributed by atoms with Gasteiger partial charge in [0.1, 0.15) is 29.7 Å². The van der Waals surface area contributed by atoms with Gasteiger partial charge in [0.25, 0.3) is 0 Å². The number of aromatic nitrogens is 1. The van der Waals surface area contributed by atoms with Gasteiger partial charge in [0.2, 0.25) is 0 Å². The second-order valence-corrected chi connectivity index (χ2v) is 9.79. The third-order valence-electron chi connectivity index (χ3n) is 7.47. The molecule has 1 fully saturated rings. The van der Waals surface area contributed by atoms with Gasteiger partial charge in [-0.25, -0.2) is 8.78 Å². The lowest BCUT2D eigenvalue weighted by atomic mass is 9.74. The normalized spacial score (nSPS) is 16.6. The van der Waals surface area contributed by atoms with Crippen LogP contribution in [0.5, 0.6) is 11.5 Å². The average Bonchev–Trinajstić information content (AvgIpc) is 2.91. The monoisotopic (exact) mass is 515 g/mol. The van der Waals surface area contributed by atoms with Gasteiger partial charge in [-0.05, 0) is 73.5 Å². The molecule has 0 aliphatic carbocycles. The van der Waals surface area contributed by atoms with Crippen LogP contribution in [-0.2, 0) is 6.54 Å². The molecule has 1 aliphatic rings. The lowest BCUT2D eigenvalue weighted by Gasteiger charge is -2.41. The van der Waals surface area contributed by atoms with E-state index in [9.17, 15) is 19.0 Å². The molecule has 37 heavy (non-hydrogen) atoms. The number of benzene rings is 2. The molecule has 4 N–H and O–H groups in total. The van der Waals surface area contributed by atoms with E-state index in [0.717, 1.165) is 54.0 Å². The van der Waals surface area contributed by atoms with Crippen LogP contribution in [0.1, 0.15) is 42.9 Å². The molecule has 7 nitrogen and oxygen atoms in total. The minimum absolute atomic E-state index is 0.0429. The fraction of sp³-hybridized carbons (Fsp3) is 0.464. The smallest absolute Gasteiger partial charge is 0.129 e. The van der Waals surface area contributed by atoms with Crippen LogP contribution >= 0.6 is 0 Å². The van der Waals surface area contributed by atoms with Crippen molar-refractivity contribution in [3.05, 3.63) is 65.4 Å². The van der Waals surface area contributed by atoms with Crippen LogP contribution < -0.4 is 15.2 Å². The van der Waals surface area contributed by atoms with Crippen LogP contribution in [0.15, 0.2) is 42.6 Å². The third kappa shape index (κ3) is 6.54. The van der Waals surface area contributed by atoms with E-state index >= 15 is 0 Å². The van der Waals surface area contributed by atoms with E-state index in [1.807, 2.05) is 18.2 Å². The van der Waals surface area contributed by atoms with Gasteiger partial charge in [0.15, 0.2) is 0 Å². The van der Waals surface area contributed by atoms with Crippen molar-refractivity contribution in [2.24, 2.45) is 11.1 Å². The predicted octanol–water partition coefficient (Wildman–Crippen LogP) is 3.95. The Labute approximate surface area is 215 Å². The van der Waals surface area contributed by atoms with E-state index in [1.165, 1.54) is 12.1 Å². The molecule has 2 heterocycles. The molecule has 4 rings (SSSR count). The third-order valence-corrected chi connectivity index (χ3v) is 7.47. The number of ether oxygens (including phenoxy) is 2. The first-order chi connectivity index (χ1) is 17.9. The Bertz CT molecular complexity index is 1180. The van der Waals surface area contributed by atoms with Crippen molar-refractivity contribution in [2.75, 3.05) is 40.0 Å². The van der Waals surface area contributed by atoms with Crippen molar-refractivity contribution in [1.29, 1.82) is 0 Å². The van der Waals surface area contributed by atoms with Crippen LogP contribution in [0.25, 0.3) is 10.9 Å². The molecule has 0 unspecified atom stereocenters. The van der Waals surface area contributed by atoms with Gasteiger partial charge in [0, 0.05) is 49.5 Å². The van der Waals surface area contributed by atoms with Gasteiger partial charge in [-0.1, -0.05) is 0 Å². The summed E-state index contributed by atoms with van der Waals surface area (Å²) >= 11 is 0. The maximum atomic E-state index is 13.3. The van der Waals surface area contributed by atoms with Crippen molar-refractivity contribution in [2.45, 2.75) is 38.3 Å². The quantitative estimate of drug-likeness (QED) is 0.356. The summed E-state index contributed by atoms with van der Waals surface area (Å²) in [5, 5.41) is 22.4. The number of nitrogens with zero attached hydrogens (tertiary/aromatic N) is 2. The van der Waals surface area contributed by atoms with Crippen molar-refractivity contribution in [3.63, 3.8) is 0 Å². The second-order valence-electron chi connectivity index (χ2n) is 9.79. The topological polar surface area (TPSA) is 101 Å². The number of hydrogen-bond acceptors (Lipinski definition) is 7. The number of nitrogens with two attached hydrogens (primary N) is 1. The van der Waals surface area contributed by atoms with Crippen molar-refractivity contribution >= 4 is 10.9 Å². The number of aliphatic hydroxyl groups excluding tert-OH is 2. The Balaban J connectivity index is 1.35. The summed E-state index contributed by atoms with van der Waals surface area (Å²) < 4.78 is 37.6. The first-order valence-electron chi connectivity index (χ1n) is 12.6. The SMILES string of the molecule is COc1ccc2ncc(CN)c([C@H](O)CCC3(CO)CCN(CCOc4cc(F)cc(F)c4)CC3)c2c1. The fourth-order valence-electron chi connectivity index (χ4n) is 5.15. The predicted molar refractivity (Wildman–Crippen MR) is 137 cm³/mol. The number of halogens is 2. The zero-order valence-corrected chi connectivity index (χ0v) is 21.1. The molecule has 0 bridgehead atoms. The van der Waals surface area contributed by atoms with Gasteiger partial charge in [0.05, 0.1) is 18.7 Å². The maximum Gasteiger partial charge on any atom is 0.129 e. The lowest BCUT2D eigenvalue weighted by Crippen LogP contribution is -2.43. The minimum atomic E-state index is -0.752. The number of fused-ring (bicyclic) bond motifs is 1. The number of aliphatic hydroxyl groups is 2. The second kappa shape index (κ2) is 12.1. The van der Waals surface area contributed by atoms with E-state index in [1.54, 1.807) is 13.3 Å². The Kier molecular flexibility index (Phi) is 8.91. The molecular weight excluding hydrogens is 480 g/mol. The fourth-order valence-corrected chi connectivity index (χ4v) is 5.15. The molecule has 1 saturated heterocycles. The van der Waals surface area contributed by atoms with E-state index in [4.69, 9.17) is 15.2 Å². The van der Waals surface area contributed by atoms with E-state index < -0.39 is 17.7 Å². The van der Waals surface area contributed by atoms with E-state index in [0.29, 0.717) is 31.7 Å². The molecule has 9 heteroatoms. The van der Waals surface area contributed by atoms with E-state index in [-0.39, 0.29) is 24.3 Å². The van der Waals surface area contributed by atoms with Gasteiger partial charge >= 0.3 is 0 Å². The molecule has 0 amide bonds. The highest BCUT2D eigenvalue weighted by Gasteiger charge is 2.34. The molecule has 2 aromatic carbocycles. The molecule has 3 aromatic rings. The van der Waals surface area contributed by atoms with Gasteiger partial charge in [-0.2, -0.15) is 0 Å². The number of rotatable bonds is 11. The molecule has 1 aliphatic heterocycles. The number of piperidine rings is 1. The summed E-state index contributed by atoms with van der Waals surface area (Å²) in [6.07, 6.45) is 3.66. The molecule has 0 spiro atoms. The Morgan fingerprint density at radius 2 is 1.84 bits per heavy atom. The number of methoxy groups -OCH3 is 1. The highest BCUT2D eigenvalue weighted by atomic mass is 19.1. The molecule has 1 aromatic heterocycles. The molecular formula is C28H35F2N3O4. The van der Waals surface area contributed by atoms with Crippen LogP contribution in [0.2, 0.25) is 0 Å². The molecule has 200 valence electrons. The lowest BCUT2D eigenvalue weighted by molar-refractivity contribution is 0.0204. The number of pyridine rings is 1. The Morgan fingerprint density at radius 3 is 2.49 bits per heavy atom. The largest absolute Gasteiger partial charge is 0.497 e. The summed E-state index contributed by atoms with van der Waals surface area (Å²) in [6, 6.07) is 8.72. The molecule has 0 radical (unpaired) electrons. The number of likely N-dealkylation sites (tertiary alicyclic amines) is 1.